The molecule has 1 aliphatic carbocycles. The third-order valence-electron chi connectivity index (χ3n) is 5.18. The van der Waals surface area contributed by atoms with Gasteiger partial charge in [0.15, 0.2) is 0 Å². The number of carbonyl (C=O) groups is 1. The van der Waals surface area contributed by atoms with Gasteiger partial charge in [0.05, 0.1) is 4.90 Å². The van der Waals surface area contributed by atoms with Crippen LogP contribution in [-0.4, -0.2) is 31.7 Å². The van der Waals surface area contributed by atoms with Gasteiger partial charge in [0.2, 0.25) is 15.9 Å². The minimum absolute atomic E-state index is 0.0612. The molecule has 0 atom stereocenters. The lowest BCUT2D eigenvalue weighted by Crippen LogP contribution is -2.38. The molecule has 0 bridgehead atoms. The molecule has 29 heavy (non-hydrogen) atoms. The van der Waals surface area contributed by atoms with Crippen molar-refractivity contribution in [3.63, 3.8) is 0 Å². The van der Waals surface area contributed by atoms with Crippen LogP contribution >= 0.6 is 11.6 Å². The quantitative estimate of drug-likeness (QED) is 0.657. The molecule has 7 heteroatoms. The van der Waals surface area contributed by atoms with Crippen molar-refractivity contribution < 1.29 is 13.2 Å². The van der Waals surface area contributed by atoms with E-state index < -0.39 is 10.0 Å². The summed E-state index contributed by atoms with van der Waals surface area (Å²) in [5, 5.41) is 3.37. The Morgan fingerprint density at radius 3 is 2.28 bits per heavy atom. The molecule has 0 aromatic heterocycles. The molecule has 0 spiro atoms. The summed E-state index contributed by atoms with van der Waals surface area (Å²) >= 11 is 5.84. The van der Waals surface area contributed by atoms with Crippen LogP contribution in [0.2, 0.25) is 5.02 Å². The Labute approximate surface area is 177 Å². The number of sulfonamides is 1. The molecule has 0 heterocycles. The molecule has 5 nitrogen and oxygen atoms in total. The Kier molecular flexibility index (Phi) is 7.11. The van der Waals surface area contributed by atoms with E-state index in [1.54, 1.807) is 37.4 Å². The summed E-state index contributed by atoms with van der Waals surface area (Å²) < 4.78 is 27.2. The van der Waals surface area contributed by atoms with E-state index in [1.165, 1.54) is 28.9 Å². The average molecular weight is 433 g/mol. The lowest BCUT2D eigenvalue weighted by molar-refractivity contribution is -0.111. The van der Waals surface area contributed by atoms with Crippen LogP contribution in [0.15, 0.2) is 59.5 Å². The molecule has 2 aromatic rings. The van der Waals surface area contributed by atoms with Crippen LogP contribution in [0.1, 0.15) is 37.7 Å². The van der Waals surface area contributed by atoms with E-state index in [9.17, 15) is 13.2 Å². The summed E-state index contributed by atoms with van der Waals surface area (Å²) in [5.74, 6) is -0.296. The Morgan fingerprint density at radius 1 is 1.03 bits per heavy atom. The summed E-state index contributed by atoms with van der Waals surface area (Å²) in [6.45, 7) is 0. The van der Waals surface area contributed by atoms with Crippen molar-refractivity contribution >= 4 is 39.3 Å². The van der Waals surface area contributed by atoms with E-state index in [4.69, 9.17) is 11.6 Å². The number of nitrogens with one attached hydrogen (secondary N) is 1. The van der Waals surface area contributed by atoms with Gasteiger partial charge in [-0.3, -0.25) is 4.79 Å². The van der Waals surface area contributed by atoms with Crippen LogP contribution in [0.3, 0.4) is 0 Å². The largest absolute Gasteiger partial charge is 0.323 e. The zero-order chi connectivity index (χ0) is 20.9. The number of nitrogens with zero attached hydrogens (tertiary/aromatic N) is 1. The number of carbonyl (C=O) groups excluding carboxylic acids is 1. The summed E-state index contributed by atoms with van der Waals surface area (Å²) in [6.07, 6.45) is 8.23. The van der Waals surface area contributed by atoms with Crippen LogP contribution in [0.5, 0.6) is 0 Å². The van der Waals surface area contributed by atoms with Crippen LogP contribution in [0.4, 0.5) is 5.69 Å². The lowest BCUT2D eigenvalue weighted by atomic mass is 9.96. The van der Waals surface area contributed by atoms with Crippen LogP contribution in [0.25, 0.3) is 6.08 Å². The molecule has 1 saturated carbocycles. The predicted octanol–water partition coefficient (Wildman–Crippen LogP) is 4.95. The summed E-state index contributed by atoms with van der Waals surface area (Å²) in [5.41, 5.74) is 1.40. The Balaban J connectivity index is 1.63. The molecular weight excluding hydrogens is 408 g/mol. The maximum atomic E-state index is 12.9. The van der Waals surface area contributed by atoms with E-state index in [0.29, 0.717) is 10.7 Å². The molecule has 1 amide bonds. The van der Waals surface area contributed by atoms with Crippen molar-refractivity contribution in [1.82, 2.24) is 4.31 Å². The van der Waals surface area contributed by atoms with Gasteiger partial charge in [-0.05, 0) is 60.9 Å². The molecule has 3 rings (SSSR count). The van der Waals surface area contributed by atoms with Crippen LogP contribution in [0, 0.1) is 0 Å². The van der Waals surface area contributed by atoms with E-state index in [1.807, 2.05) is 12.1 Å². The second-order valence-electron chi connectivity index (χ2n) is 7.21. The highest BCUT2D eigenvalue weighted by atomic mass is 35.5. The van der Waals surface area contributed by atoms with Gasteiger partial charge in [-0.1, -0.05) is 43.0 Å². The number of hydrogen-bond acceptors (Lipinski definition) is 3. The van der Waals surface area contributed by atoms with E-state index >= 15 is 0 Å². The highest BCUT2D eigenvalue weighted by molar-refractivity contribution is 7.89. The highest BCUT2D eigenvalue weighted by Gasteiger charge is 2.28. The lowest BCUT2D eigenvalue weighted by Gasteiger charge is -2.30. The molecule has 0 saturated heterocycles. The number of rotatable bonds is 6. The highest BCUT2D eigenvalue weighted by Crippen LogP contribution is 2.27. The number of amides is 1. The fourth-order valence-electron chi connectivity index (χ4n) is 3.45. The van der Waals surface area contributed by atoms with Gasteiger partial charge in [0.1, 0.15) is 0 Å². The zero-order valence-corrected chi connectivity index (χ0v) is 17.9. The Hall–Kier alpha value is -2.15. The molecule has 2 aromatic carbocycles. The maximum Gasteiger partial charge on any atom is 0.248 e. The standard InChI is InChI=1S/C22H25ClN2O3S/c1-25(20-5-3-2-4-6-20)29(27,28)21-14-12-19(13-15-21)24-22(26)16-9-17-7-10-18(23)11-8-17/h7-16,20H,2-6H2,1H3,(H,24,26)/b16-9+. The number of halogens is 1. The minimum atomic E-state index is -3.54. The second-order valence-corrected chi connectivity index (χ2v) is 9.65. The smallest absolute Gasteiger partial charge is 0.248 e. The number of benzene rings is 2. The summed E-state index contributed by atoms with van der Waals surface area (Å²) in [6, 6.07) is 13.5. The van der Waals surface area contributed by atoms with Gasteiger partial charge >= 0.3 is 0 Å². The van der Waals surface area contributed by atoms with Crippen LogP contribution < -0.4 is 5.32 Å². The molecule has 0 aliphatic heterocycles. The average Bonchev–Trinajstić information content (AvgIpc) is 2.74. The van der Waals surface area contributed by atoms with Crippen molar-refractivity contribution in [2.24, 2.45) is 0 Å². The predicted molar refractivity (Wildman–Crippen MR) is 117 cm³/mol. The maximum absolute atomic E-state index is 12.9. The monoisotopic (exact) mass is 432 g/mol. The van der Waals surface area contributed by atoms with Gasteiger partial charge in [0, 0.05) is 29.9 Å². The Bertz CT molecular complexity index is 964. The fourth-order valence-corrected chi connectivity index (χ4v) is 4.99. The molecular formula is C22H25ClN2O3S. The summed E-state index contributed by atoms with van der Waals surface area (Å²) in [7, 11) is -1.88. The number of hydrogen-bond donors (Lipinski definition) is 1. The first kappa shape index (κ1) is 21.6. The molecule has 0 radical (unpaired) electrons. The van der Waals surface area contributed by atoms with Gasteiger partial charge < -0.3 is 5.32 Å². The molecule has 1 fully saturated rings. The third-order valence-corrected chi connectivity index (χ3v) is 7.36. The van der Waals surface area contributed by atoms with Crippen molar-refractivity contribution in [2.45, 2.75) is 43.0 Å². The first-order valence-electron chi connectivity index (χ1n) is 9.69. The second kappa shape index (κ2) is 9.57. The van der Waals surface area contributed by atoms with Gasteiger partial charge in [-0.2, -0.15) is 4.31 Å². The molecule has 154 valence electrons. The fraction of sp³-hybridized carbons (Fsp3) is 0.318. The van der Waals surface area contributed by atoms with Crippen molar-refractivity contribution in [3.05, 3.63) is 65.2 Å². The first-order chi connectivity index (χ1) is 13.9. The first-order valence-corrected chi connectivity index (χ1v) is 11.5. The molecule has 1 aliphatic rings. The van der Waals surface area contributed by atoms with Crippen molar-refractivity contribution in [2.75, 3.05) is 12.4 Å². The topological polar surface area (TPSA) is 66.5 Å². The van der Waals surface area contributed by atoms with Crippen molar-refractivity contribution in [3.8, 4) is 0 Å². The van der Waals surface area contributed by atoms with Gasteiger partial charge in [-0.15, -0.1) is 0 Å². The SMILES string of the molecule is CN(C1CCCCC1)S(=O)(=O)c1ccc(NC(=O)/C=C/c2ccc(Cl)cc2)cc1. The van der Waals surface area contributed by atoms with Gasteiger partial charge in [-0.25, -0.2) is 8.42 Å². The Morgan fingerprint density at radius 2 is 1.66 bits per heavy atom. The van der Waals surface area contributed by atoms with E-state index in [2.05, 4.69) is 5.32 Å². The third kappa shape index (κ3) is 5.69. The van der Waals surface area contributed by atoms with Crippen molar-refractivity contribution in [1.29, 1.82) is 0 Å². The number of anilines is 1. The summed E-state index contributed by atoms with van der Waals surface area (Å²) in [4.78, 5) is 12.3. The van der Waals surface area contributed by atoms with Crippen LogP contribution in [-0.2, 0) is 14.8 Å². The molecule has 0 unspecified atom stereocenters. The van der Waals surface area contributed by atoms with Gasteiger partial charge in [0.25, 0.3) is 0 Å². The minimum Gasteiger partial charge on any atom is -0.323 e. The van der Waals surface area contributed by atoms with E-state index in [-0.39, 0.29) is 16.8 Å². The normalized spacial score (nSPS) is 15.7. The molecule has 1 N–H and O–H groups in total. The zero-order valence-electron chi connectivity index (χ0n) is 16.3. The van der Waals surface area contributed by atoms with E-state index in [0.717, 1.165) is 31.2 Å².